The molecule has 0 unspecified atom stereocenters. The minimum Gasteiger partial charge on any atom is -0.444 e. The first-order valence-corrected chi connectivity index (χ1v) is 6.54. The smallest absolute Gasteiger partial charge is 0.291 e. The molecule has 1 N–H and O–H groups in total. The van der Waals surface area contributed by atoms with Crippen molar-refractivity contribution in [3.05, 3.63) is 50.3 Å². The predicted octanol–water partition coefficient (Wildman–Crippen LogP) is 4.71. The van der Waals surface area contributed by atoms with E-state index < -0.39 is 0 Å². The number of anilines is 1. The maximum absolute atomic E-state index is 11.7. The van der Waals surface area contributed by atoms with Crippen molar-refractivity contribution < 1.29 is 9.21 Å². The number of benzene rings is 1. The molecule has 0 aliphatic heterocycles. The molecule has 0 aliphatic rings. The number of furan rings is 1. The van der Waals surface area contributed by atoms with Gasteiger partial charge in [-0.05, 0) is 62.2 Å². The van der Waals surface area contributed by atoms with Crippen molar-refractivity contribution in [3.63, 3.8) is 0 Å². The third-order valence-corrected chi connectivity index (χ3v) is 3.63. The van der Waals surface area contributed by atoms with E-state index in [4.69, 9.17) is 16.0 Å². The molecule has 0 fully saturated rings. The lowest BCUT2D eigenvalue weighted by atomic mass is 10.3. The summed E-state index contributed by atoms with van der Waals surface area (Å²) in [6, 6.07) is 8.40. The zero-order chi connectivity index (χ0) is 12.4. The highest BCUT2D eigenvalue weighted by atomic mass is 79.9. The summed E-state index contributed by atoms with van der Waals surface area (Å²) in [4.78, 5) is 11.7. The van der Waals surface area contributed by atoms with Gasteiger partial charge in [-0.1, -0.05) is 11.6 Å². The number of hydrogen-bond acceptors (Lipinski definition) is 2. The largest absolute Gasteiger partial charge is 0.444 e. The molecule has 88 valence electrons. The van der Waals surface area contributed by atoms with E-state index in [0.717, 1.165) is 4.47 Å². The molecule has 1 aromatic heterocycles. The van der Waals surface area contributed by atoms with Crippen LogP contribution in [0.25, 0.3) is 0 Å². The topological polar surface area (TPSA) is 42.2 Å². The van der Waals surface area contributed by atoms with Crippen molar-refractivity contribution in [3.8, 4) is 0 Å². The molecule has 1 heterocycles. The van der Waals surface area contributed by atoms with Gasteiger partial charge in [-0.15, -0.1) is 0 Å². The van der Waals surface area contributed by atoms with Crippen LogP contribution in [0.4, 0.5) is 5.69 Å². The van der Waals surface area contributed by atoms with E-state index in [0.29, 0.717) is 15.4 Å². The van der Waals surface area contributed by atoms with Gasteiger partial charge in [0.2, 0.25) is 0 Å². The van der Waals surface area contributed by atoms with E-state index in [-0.39, 0.29) is 11.7 Å². The lowest BCUT2D eigenvalue weighted by Gasteiger charge is -2.04. The maximum Gasteiger partial charge on any atom is 0.291 e. The van der Waals surface area contributed by atoms with Crippen LogP contribution in [0.15, 0.2) is 43.9 Å². The third kappa shape index (κ3) is 3.12. The number of nitrogens with one attached hydrogen (secondary N) is 1. The number of halogens is 3. The SMILES string of the molecule is O=C(Nc1ccc(Br)c(Cl)c1)c1ccc(Br)o1. The zero-order valence-corrected chi connectivity index (χ0v) is 12.3. The van der Waals surface area contributed by atoms with Gasteiger partial charge >= 0.3 is 0 Å². The Labute approximate surface area is 119 Å². The summed E-state index contributed by atoms with van der Waals surface area (Å²) in [7, 11) is 0. The van der Waals surface area contributed by atoms with Gasteiger partial charge in [-0.3, -0.25) is 4.79 Å². The maximum atomic E-state index is 11.7. The first-order valence-electron chi connectivity index (χ1n) is 4.58. The van der Waals surface area contributed by atoms with E-state index in [9.17, 15) is 4.79 Å². The summed E-state index contributed by atoms with van der Waals surface area (Å²) < 4.78 is 6.42. The first-order chi connectivity index (χ1) is 8.06. The fraction of sp³-hybridized carbons (Fsp3) is 0. The highest BCUT2D eigenvalue weighted by Gasteiger charge is 2.11. The summed E-state index contributed by atoms with van der Waals surface area (Å²) in [6.45, 7) is 0. The van der Waals surface area contributed by atoms with E-state index in [1.165, 1.54) is 0 Å². The van der Waals surface area contributed by atoms with E-state index in [1.807, 2.05) is 0 Å². The van der Waals surface area contributed by atoms with Crippen molar-refractivity contribution in [2.45, 2.75) is 0 Å². The predicted molar refractivity (Wildman–Crippen MR) is 73.5 cm³/mol. The Morgan fingerprint density at radius 3 is 2.59 bits per heavy atom. The van der Waals surface area contributed by atoms with Gasteiger partial charge in [-0.2, -0.15) is 0 Å². The van der Waals surface area contributed by atoms with Crippen molar-refractivity contribution in [2.75, 3.05) is 5.32 Å². The molecule has 0 atom stereocenters. The number of carbonyl (C=O) groups is 1. The molecule has 17 heavy (non-hydrogen) atoms. The Balaban J connectivity index is 2.15. The monoisotopic (exact) mass is 377 g/mol. The van der Waals surface area contributed by atoms with Crippen LogP contribution in [0.2, 0.25) is 5.02 Å². The summed E-state index contributed by atoms with van der Waals surface area (Å²) >= 11 is 12.3. The number of carbonyl (C=O) groups excluding carboxylic acids is 1. The van der Waals surface area contributed by atoms with Gasteiger partial charge in [0, 0.05) is 10.2 Å². The van der Waals surface area contributed by atoms with Crippen LogP contribution in [-0.2, 0) is 0 Å². The second-order valence-corrected chi connectivity index (χ2v) is 5.23. The van der Waals surface area contributed by atoms with Crippen molar-refractivity contribution >= 4 is 55.1 Å². The molecule has 3 nitrogen and oxygen atoms in total. The Kier molecular flexibility index (Phi) is 3.91. The number of rotatable bonds is 2. The summed E-state index contributed by atoms with van der Waals surface area (Å²) in [5.41, 5.74) is 0.607. The highest BCUT2D eigenvalue weighted by Crippen LogP contribution is 2.26. The second-order valence-electron chi connectivity index (χ2n) is 3.19. The second kappa shape index (κ2) is 5.25. The minimum atomic E-state index is -0.325. The fourth-order valence-corrected chi connectivity index (χ4v) is 1.94. The lowest BCUT2D eigenvalue weighted by molar-refractivity contribution is 0.0995. The fourth-order valence-electron chi connectivity index (χ4n) is 1.20. The number of amides is 1. The number of hydrogen-bond donors (Lipinski definition) is 1. The van der Waals surface area contributed by atoms with Gasteiger partial charge in [0.1, 0.15) is 0 Å². The average Bonchev–Trinajstić information content (AvgIpc) is 2.70. The quantitative estimate of drug-likeness (QED) is 0.821. The van der Waals surface area contributed by atoms with E-state index in [2.05, 4.69) is 37.2 Å². The average molecular weight is 379 g/mol. The summed E-state index contributed by atoms with van der Waals surface area (Å²) in [5.74, 6) is -0.0926. The molecule has 0 saturated carbocycles. The van der Waals surface area contributed by atoms with Crippen LogP contribution >= 0.6 is 43.5 Å². The standard InChI is InChI=1S/C11H6Br2ClNO2/c12-7-2-1-6(5-8(7)14)15-11(16)9-3-4-10(13)17-9/h1-5H,(H,15,16). The molecular weight excluding hydrogens is 373 g/mol. The summed E-state index contributed by atoms with van der Waals surface area (Å²) in [6.07, 6.45) is 0. The Bertz CT molecular complexity index is 568. The molecule has 0 radical (unpaired) electrons. The van der Waals surface area contributed by atoms with Gasteiger partial charge < -0.3 is 9.73 Å². The molecule has 0 bridgehead atoms. The zero-order valence-electron chi connectivity index (χ0n) is 8.34. The van der Waals surface area contributed by atoms with Crippen LogP contribution in [-0.4, -0.2) is 5.91 Å². The molecule has 1 aromatic carbocycles. The van der Waals surface area contributed by atoms with E-state index in [1.54, 1.807) is 30.3 Å². The summed E-state index contributed by atoms with van der Waals surface area (Å²) in [5, 5.41) is 3.21. The van der Waals surface area contributed by atoms with Crippen molar-refractivity contribution in [1.29, 1.82) is 0 Å². The Morgan fingerprint density at radius 1 is 1.24 bits per heavy atom. The van der Waals surface area contributed by atoms with Crippen molar-refractivity contribution in [2.24, 2.45) is 0 Å². The van der Waals surface area contributed by atoms with Gasteiger partial charge in [0.05, 0.1) is 5.02 Å². The van der Waals surface area contributed by atoms with Crippen LogP contribution in [0, 0.1) is 0 Å². The molecule has 2 rings (SSSR count). The normalized spacial score (nSPS) is 10.3. The van der Waals surface area contributed by atoms with Crippen molar-refractivity contribution in [1.82, 2.24) is 0 Å². The highest BCUT2D eigenvalue weighted by molar-refractivity contribution is 9.10. The van der Waals surface area contributed by atoms with Crippen LogP contribution in [0.1, 0.15) is 10.6 Å². The molecule has 2 aromatic rings. The molecule has 0 spiro atoms. The lowest BCUT2D eigenvalue weighted by Crippen LogP contribution is -2.10. The molecule has 0 saturated heterocycles. The van der Waals surface area contributed by atoms with Crippen LogP contribution in [0.3, 0.4) is 0 Å². The van der Waals surface area contributed by atoms with Crippen LogP contribution in [0.5, 0.6) is 0 Å². The Morgan fingerprint density at radius 2 is 2.00 bits per heavy atom. The van der Waals surface area contributed by atoms with Crippen LogP contribution < -0.4 is 5.32 Å². The Hall–Kier alpha value is -0.780. The molecular formula is C11H6Br2ClNO2. The minimum absolute atomic E-state index is 0.232. The van der Waals surface area contributed by atoms with Gasteiger partial charge in [0.15, 0.2) is 10.4 Å². The molecule has 0 aliphatic carbocycles. The molecule has 1 amide bonds. The van der Waals surface area contributed by atoms with Gasteiger partial charge in [0.25, 0.3) is 5.91 Å². The molecule has 6 heteroatoms. The first kappa shape index (κ1) is 12.7. The van der Waals surface area contributed by atoms with Gasteiger partial charge in [-0.25, -0.2) is 0 Å². The third-order valence-electron chi connectivity index (χ3n) is 1.97. The van der Waals surface area contributed by atoms with E-state index >= 15 is 0 Å².